The number of hydrogen-bond acceptors (Lipinski definition) is 2. The van der Waals surface area contributed by atoms with Crippen LogP contribution in [0.15, 0.2) is 18.2 Å². The summed E-state index contributed by atoms with van der Waals surface area (Å²) in [6.07, 6.45) is -2.30. The fraction of sp³-hybridized carbons (Fsp3) is 0.571. The van der Waals surface area contributed by atoms with Crippen LogP contribution in [0.4, 0.5) is 13.2 Å². The van der Waals surface area contributed by atoms with E-state index >= 15 is 0 Å². The molecular weight excluding hydrogens is 255 g/mol. The van der Waals surface area contributed by atoms with Gasteiger partial charge in [0.15, 0.2) is 0 Å². The summed E-state index contributed by atoms with van der Waals surface area (Å²) < 4.78 is 38.0. The van der Waals surface area contributed by atoms with E-state index in [1.807, 2.05) is 0 Å². The van der Waals surface area contributed by atoms with Crippen molar-refractivity contribution in [2.24, 2.45) is 0 Å². The van der Waals surface area contributed by atoms with E-state index in [0.29, 0.717) is 6.54 Å². The van der Waals surface area contributed by atoms with Crippen molar-refractivity contribution in [3.8, 4) is 0 Å². The van der Waals surface area contributed by atoms with E-state index in [-0.39, 0.29) is 18.2 Å². The fourth-order valence-corrected chi connectivity index (χ4v) is 2.69. The molecular formula is C14H18F3NO. The van der Waals surface area contributed by atoms with Crippen LogP contribution >= 0.6 is 0 Å². The maximum absolute atomic E-state index is 12.7. The van der Waals surface area contributed by atoms with E-state index < -0.39 is 11.7 Å². The smallest absolute Gasteiger partial charge is 0.395 e. The number of aliphatic hydroxyl groups is 1. The highest BCUT2D eigenvalue weighted by Crippen LogP contribution is 2.32. The zero-order valence-electron chi connectivity index (χ0n) is 10.9. The first-order valence-electron chi connectivity index (χ1n) is 6.43. The molecule has 106 valence electrons. The van der Waals surface area contributed by atoms with Crippen LogP contribution in [-0.2, 0) is 12.7 Å². The standard InChI is InChI=1S/C14H18F3NO/c1-10-7-11(4-5-13(10)14(15,16)17)8-18-6-2-3-12(18)9-19/h4-5,7,12,19H,2-3,6,8-9H2,1H3/t12-/m0/s1. The SMILES string of the molecule is Cc1cc(CN2CCC[C@H]2CO)ccc1C(F)(F)F. The van der Waals surface area contributed by atoms with Gasteiger partial charge in [-0.1, -0.05) is 12.1 Å². The number of nitrogens with zero attached hydrogens (tertiary/aromatic N) is 1. The highest BCUT2D eigenvalue weighted by molar-refractivity contribution is 5.33. The highest BCUT2D eigenvalue weighted by atomic mass is 19.4. The molecule has 1 aromatic carbocycles. The molecule has 1 N–H and O–H groups in total. The number of rotatable bonds is 3. The topological polar surface area (TPSA) is 23.5 Å². The minimum Gasteiger partial charge on any atom is -0.395 e. The van der Waals surface area contributed by atoms with Crippen molar-refractivity contribution in [3.05, 3.63) is 34.9 Å². The summed E-state index contributed by atoms with van der Waals surface area (Å²) in [6, 6.07) is 4.41. The van der Waals surface area contributed by atoms with Crippen molar-refractivity contribution < 1.29 is 18.3 Å². The van der Waals surface area contributed by atoms with Gasteiger partial charge in [0.2, 0.25) is 0 Å². The molecule has 0 amide bonds. The van der Waals surface area contributed by atoms with Crippen LogP contribution in [0.1, 0.15) is 29.5 Å². The summed E-state index contributed by atoms with van der Waals surface area (Å²) in [7, 11) is 0. The third-order valence-electron chi connectivity index (χ3n) is 3.69. The summed E-state index contributed by atoms with van der Waals surface area (Å²) in [4.78, 5) is 2.13. The number of hydrogen-bond donors (Lipinski definition) is 1. The van der Waals surface area contributed by atoms with E-state index in [1.54, 1.807) is 6.07 Å². The Labute approximate surface area is 110 Å². The van der Waals surface area contributed by atoms with E-state index in [1.165, 1.54) is 13.0 Å². The average molecular weight is 273 g/mol. The molecule has 0 radical (unpaired) electrons. The number of alkyl halides is 3. The lowest BCUT2D eigenvalue weighted by Gasteiger charge is -2.23. The average Bonchev–Trinajstić information content (AvgIpc) is 2.74. The minimum atomic E-state index is -4.29. The van der Waals surface area contributed by atoms with Crippen molar-refractivity contribution >= 4 is 0 Å². The molecule has 5 heteroatoms. The van der Waals surface area contributed by atoms with Gasteiger partial charge in [-0.05, 0) is 43.5 Å². The Balaban J connectivity index is 2.12. The molecule has 0 bridgehead atoms. The second kappa shape index (κ2) is 5.51. The molecule has 1 saturated heterocycles. The van der Waals surface area contributed by atoms with E-state index in [2.05, 4.69) is 4.90 Å². The van der Waals surface area contributed by atoms with Crippen molar-refractivity contribution in [1.29, 1.82) is 0 Å². The molecule has 1 fully saturated rings. The minimum absolute atomic E-state index is 0.111. The zero-order valence-corrected chi connectivity index (χ0v) is 10.9. The fourth-order valence-electron chi connectivity index (χ4n) is 2.69. The monoisotopic (exact) mass is 273 g/mol. The lowest BCUT2D eigenvalue weighted by molar-refractivity contribution is -0.138. The number of likely N-dealkylation sites (tertiary alicyclic amines) is 1. The first kappa shape index (κ1) is 14.3. The molecule has 1 heterocycles. The zero-order chi connectivity index (χ0) is 14.0. The van der Waals surface area contributed by atoms with E-state index in [9.17, 15) is 18.3 Å². The van der Waals surface area contributed by atoms with Crippen molar-refractivity contribution in [2.45, 2.75) is 38.5 Å². The summed E-state index contributed by atoms with van der Waals surface area (Å²) in [5, 5.41) is 9.23. The Kier molecular flexibility index (Phi) is 4.16. The summed E-state index contributed by atoms with van der Waals surface area (Å²) in [6.45, 7) is 3.09. The molecule has 1 aliphatic heterocycles. The normalized spacial score (nSPS) is 21.0. The molecule has 0 aliphatic carbocycles. The van der Waals surface area contributed by atoms with Gasteiger partial charge in [0.25, 0.3) is 0 Å². The first-order valence-corrected chi connectivity index (χ1v) is 6.43. The Hall–Kier alpha value is -1.07. The highest BCUT2D eigenvalue weighted by Gasteiger charge is 2.32. The van der Waals surface area contributed by atoms with Crippen molar-refractivity contribution in [2.75, 3.05) is 13.2 Å². The molecule has 2 nitrogen and oxygen atoms in total. The Morgan fingerprint density at radius 3 is 2.68 bits per heavy atom. The lowest BCUT2D eigenvalue weighted by Crippen LogP contribution is -2.31. The number of benzene rings is 1. The molecule has 0 aromatic heterocycles. The molecule has 1 aromatic rings. The molecule has 1 atom stereocenters. The molecule has 0 unspecified atom stereocenters. The van der Waals surface area contributed by atoms with Gasteiger partial charge >= 0.3 is 6.18 Å². The van der Waals surface area contributed by atoms with Gasteiger partial charge in [0.05, 0.1) is 12.2 Å². The summed E-state index contributed by atoms with van der Waals surface area (Å²) in [5.74, 6) is 0. The Morgan fingerprint density at radius 2 is 2.11 bits per heavy atom. The number of aliphatic hydroxyl groups excluding tert-OH is 1. The predicted octanol–water partition coefficient (Wildman–Crippen LogP) is 2.97. The van der Waals surface area contributed by atoms with Crippen LogP contribution in [0.25, 0.3) is 0 Å². The Morgan fingerprint density at radius 1 is 1.37 bits per heavy atom. The van der Waals surface area contributed by atoms with Crippen LogP contribution in [0, 0.1) is 6.92 Å². The first-order chi connectivity index (χ1) is 8.91. The summed E-state index contributed by atoms with van der Waals surface area (Å²) in [5.41, 5.74) is 0.548. The van der Waals surface area contributed by atoms with Crippen molar-refractivity contribution in [1.82, 2.24) is 4.90 Å². The predicted molar refractivity (Wildman–Crippen MR) is 66.7 cm³/mol. The van der Waals surface area contributed by atoms with E-state index in [4.69, 9.17) is 0 Å². The number of halogens is 3. The van der Waals surface area contributed by atoms with E-state index in [0.717, 1.165) is 31.0 Å². The van der Waals surface area contributed by atoms with Crippen LogP contribution in [0.5, 0.6) is 0 Å². The molecule has 2 rings (SSSR count). The maximum atomic E-state index is 12.7. The van der Waals surface area contributed by atoms with Crippen LogP contribution in [-0.4, -0.2) is 29.2 Å². The van der Waals surface area contributed by atoms with Crippen LogP contribution in [0.3, 0.4) is 0 Å². The summed E-state index contributed by atoms with van der Waals surface area (Å²) >= 11 is 0. The third-order valence-corrected chi connectivity index (χ3v) is 3.69. The maximum Gasteiger partial charge on any atom is 0.416 e. The largest absolute Gasteiger partial charge is 0.416 e. The third kappa shape index (κ3) is 3.28. The van der Waals surface area contributed by atoms with Gasteiger partial charge in [-0.3, -0.25) is 4.90 Å². The van der Waals surface area contributed by atoms with Gasteiger partial charge in [-0.15, -0.1) is 0 Å². The van der Waals surface area contributed by atoms with Gasteiger partial charge in [0, 0.05) is 12.6 Å². The van der Waals surface area contributed by atoms with Gasteiger partial charge in [0.1, 0.15) is 0 Å². The second-order valence-electron chi connectivity index (χ2n) is 5.10. The molecule has 0 spiro atoms. The van der Waals surface area contributed by atoms with Crippen LogP contribution in [0.2, 0.25) is 0 Å². The van der Waals surface area contributed by atoms with Gasteiger partial charge < -0.3 is 5.11 Å². The number of aryl methyl sites for hydroxylation is 1. The van der Waals surface area contributed by atoms with Crippen LogP contribution < -0.4 is 0 Å². The lowest BCUT2D eigenvalue weighted by atomic mass is 10.0. The van der Waals surface area contributed by atoms with Gasteiger partial charge in [-0.25, -0.2) is 0 Å². The Bertz CT molecular complexity index is 445. The molecule has 19 heavy (non-hydrogen) atoms. The van der Waals surface area contributed by atoms with Crippen molar-refractivity contribution in [3.63, 3.8) is 0 Å². The molecule has 0 saturated carbocycles. The second-order valence-corrected chi connectivity index (χ2v) is 5.10. The molecule has 1 aliphatic rings. The van der Waals surface area contributed by atoms with Gasteiger partial charge in [-0.2, -0.15) is 13.2 Å². The quantitative estimate of drug-likeness (QED) is 0.915.